The molecule has 1 aromatic rings. The van der Waals surface area contributed by atoms with Crippen molar-refractivity contribution in [3.05, 3.63) is 11.4 Å². The summed E-state index contributed by atoms with van der Waals surface area (Å²) in [6.07, 6.45) is 0.685. The first-order valence-corrected chi connectivity index (χ1v) is 5.67. The van der Waals surface area contributed by atoms with Crippen LogP contribution in [0, 0.1) is 0 Å². The monoisotopic (exact) mass is 224 g/mol. The average Bonchev–Trinajstić information content (AvgIpc) is 2.65. The van der Waals surface area contributed by atoms with Crippen molar-refractivity contribution >= 4 is 33.8 Å². The Hall–Kier alpha value is -0.880. The number of carbonyl (C=O) groups excluding carboxylic acids is 2. The maximum absolute atomic E-state index is 11.2. The van der Waals surface area contributed by atoms with Crippen molar-refractivity contribution in [3.8, 4) is 0 Å². The Balaban J connectivity index is 2.19. The highest BCUT2D eigenvalue weighted by molar-refractivity contribution is 8.16. The van der Waals surface area contributed by atoms with Crippen LogP contribution in [-0.4, -0.2) is 20.4 Å². The van der Waals surface area contributed by atoms with E-state index in [4.69, 9.17) is 0 Å². The summed E-state index contributed by atoms with van der Waals surface area (Å²) in [5, 5.41) is 8.09. The van der Waals surface area contributed by atoms with E-state index in [2.05, 4.69) is 10.2 Å². The van der Waals surface area contributed by atoms with E-state index in [0.717, 1.165) is 21.2 Å². The number of hydrogen-bond acceptors (Lipinski definition) is 6. The Morgan fingerprint density at radius 1 is 0.857 bits per heavy atom. The fourth-order valence-electron chi connectivity index (χ4n) is 1.49. The third-order valence-electron chi connectivity index (χ3n) is 2.08. The predicted molar refractivity (Wildman–Crippen MR) is 51.2 cm³/mol. The van der Waals surface area contributed by atoms with Crippen LogP contribution in [0.4, 0.5) is 0 Å². The first-order chi connectivity index (χ1) is 6.74. The highest BCUT2D eigenvalue weighted by Crippen LogP contribution is 2.43. The second-order valence-electron chi connectivity index (χ2n) is 3.05. The quantitative estimate of drug-likeness (QED) is 0.650. The number of carbonyl (C=O) groups is 2. The summed E-state index contributed by atoms with van der Waals surface area (Å²) in [5.41, 5.74) is 1.45. The molecule has 0 spiro atoms. The molecule has 2 aliphatic rings. The lowest BCUT2D eigenvalue weighted by atomic mass is 10.2. The maximum Gasteiger partial charge on any atom is 0.199 e. The van der Waals surface area contributed by atoms with Gasteiger partial charge in [-0.1, -0.05) is 0 Å². The van der Waals surface area contributed by atoms with Crippen molar-refractivity contribution in [2.45, 2.75) is 22.6 Å². The van der Waals surface area contributed by atoms with Gasteiger partial charge in [0.1, 0.15) is 0 Å². The van der Waals surface area contributed by atoms with E-state index in [9.17, 15) is 9.59 Å². The summed E-state index contributed by atoms with van der Waals surface area (Å²) in [6.45, 7) is 0. The first kappa shape index (κ1) is 8.43. The van der Waals surface area contributed by atoms with Gasteiger partial charge >= 0.3 is 0 Å². The van der Waals surface area contributed by atoms with Crippen molar-refractivity contribution < 1.29 is 9.59 Å². The molecule has 0 N–H and O–H groups in total. The highest BCUT2D eigenvalue weighted by atomic mass is 32.2. The number of hydrogen-bond donors (Lipinski definition) is 0. The average molecular weight is 224 g/mol. The highest BCUT2D eigenvalue weighted by Gasteiger charge is 2.32. The summed E-state index contributed by atoms with van der Waals surface area (Å²) < 4.78 is 0. The topological polar surface area (TPSA) is 59.9 Å². The molecule has 0 saturated carbocycles. The summed E-state index contributed by atoms with van der Waals surface area (Å²) in [6, 6.07) is 0. The number of fused-ring (bicyclic) bond motifs is 3. The largest absolute Gasteiger partial charge is 0.286 e. The van der Waals surface area contributed by atoms with Crippen LogP contribution in [0.1, 0.15) is 11.4 Å². The molecule has 2 aliphatic heterocycles. The Labute approximate surface area is 87.9 Å². The van der Waals surface area contributed by atoms with Gasteiger partial charge in [0.05, 0.1) is 34.0 Å². The van der Waals surface area contributed by atoms with Crippen LogP contribution >= 0.6 is 23.5 Å². The molecule has 14 heavy (non-hydrogen) atoms. The van der Waals surface area contributed by atoms with Crippen LogP contribution in [0.25, 0.3) is 0 Å². The maximum atomic E-state index is 11.2. The van der Waals surface area contributed by atoms with E-state index in [1.165, 1.54) is 23.5 Å². The van der Waals surface area contributed by atoms with Crippen LogP contribution in [0.5, 0.6) is 0 Å². The molecular weight excluding hydrogens is 220 g/mol. The van der Waals surface area contributed by atoms with Crippen LogP contribution in [0.15, 0.2) is 9.79 Å². The van der Waals surface area contributed by atoms with Crippen LogP contribution in [0.3, 0.4) is 0 Å². The molecule has 3 heterocycles. The Bertz CT molecular complexity index is 430. The van der Waals surface area contributed by atoms with Crippen molar-refractivity contribution in [2.75, 3.05) is 0 Å². The van der Waals surface area contributed by atoms with Crippen molar-refractivity contribution in [3.63, 3.8) is 0 Å². The van der Waals surface area contributed by atoms with E-state index in [0.29, 0.717) is 12.8 Å². The standard InChI is InChI=1S/C8H4N2O2S2/c11-5-1-3-7(13-5)8-4(10-9-3)2-6(12)14-8/h1-2H2. The zero-order chi connectivity index (χ0) is 9.71. The fraction of sp³-hybridized carbons (Fsp3) is 0.250. The first-order valence-electron chi connectivity index (χ1n) is 4.04. The summed E-state index contributed by atoms with van der Waals surface area (Å²) in [5.74, 6) is 0. The van der Waals surface area contributed by atoms with Crippen molar-refractivity contribution in [1.29, 1.82) is 0 Å². The molecule has 0 fully saturated rings. The third-order valence-corrected chi connectivity index (χ3v) is 4.24. The van der Waals surface area contributed by atoms with E-state index in [1.807, 2.05) is 0 Å². The molecule has 6 heteroatoms. The fourth-order valence-corrected chi connectivity index (χ4v) is 3.49. The van der Waals surface area contributed by atoms with Gasteiger partial charge in [-0.2, -0.15) is 10.2 Å². The van der Waals surface area contributed by atoms with Gasteiger partial charge in [-0.05, 0) is 23.5 Å². The number of nitrogens with zero attached hydrogens (tertiary/aromatic N) is 2. The molecule has 0 aromatic carbocycles. The van der Waals surface area contributed by atoms with Gasteiger partial charge in [0.25, 0.3) is 0 Å². The molecule has 70 valence electrons. The van der Waals surface area contributed by atoms with Crippen LogP contribution < -0.4 is 0 Å². The lowest BCUT2D eigenvalue weighted by Gasteiger charge is -1.99. The van der Waals surface area contributed by atoms with Crippen LogP contribution in [0.2, 0.25) is 0 Å². The van der Waals surface area contributed by atoms with Gasteiger partial charge in [0, 0.05) is 0 Å². The summed E-state index contributed by atoms with van der Waals surface area (Å²) in [4.78, 5) is 24.1. The van der Waals surface area contributed by atoms with Crippen molar-refractivity contribution in [1.82, 2.24) is 10.2 Å². The molecule has 0 radical (unpaired) electrons. The molecule has 0 atom stereocenters. The zero-order valence-electron chi connectivity index (χ0n) is 6.94. The summed E-state index contributed by atoms with van der Waals surface area (Å²) >= 11 is 2.37. The van der Waals surface area contributed by atoms with Gasteiger partial charge < -0.3 is 0 Å². The molecule has 0 amide bonds. The second-order valence-corrected chi connectivity index (χ2v) is 5.19. The van der Waals surface area contributed by atoms with Crippen LogP contribution in [-0.2, 0) is 22.4 Å². The zero-order valence-corrected chi connectivity index (χ0v) is 8.57. The molecule has 3 rings (SSSR count). The minimum absolute atomic E-state index is 0.0858. The van der Waals surface area contributed by atoms with Crippen molar-refractivity contribution in [2.24, 2.45) is 0 Å². The molecule has 0 aliphatic carbocycles. The molecule has 0 saturated heterocycles. The number of thioether (sulfide) groups is 2. The SMILES string of the molecule is O=C1Cc2nnc3c(c2S1)SC(=O)C3. The van der Waals surface area contributed by atoms with Gasteiger partial charge in [-0.15, -0.1) is 0 Å². The molecule has 0 unspecified atom stereocenters. The Kier molecular flexibility index (Phi) is 1.69. The molecule has 0 bridgehead atoms. The lowest BCUT2D eigenvalue weighted by Crippen LogP contribution is -1.97. The predicted octanol–water partition coefficient (Wildman–Crippen LogP) is 0.826. The van der Waals surface area contributed by atoms with Gasteiger partial charge in [0.15, 0.2) is 10.2 Å². The third kappa shape index (κ3) is 1.10. The number of rotatable bonds is 0. The molecular formula is C8H4N2O2S2. The Morgan fingerprint density at radius 2 is 1.29 bits per heavy atom. The van der Waals surface area contributed by atoms with E-state index >= 15 is 0 Å². The smallest absolute Gasteiger partial charge is 0.199 e. The second kappa shape index (κ2) is 2.80. The normalized spacial score (nSPS) is 18.6. The Morgan fingerprint density at radius 3 is 1.71 bits per heavy atom. The molecule has 1 aromatic heterocycles. The lowest BCUT2D eigenvalue weighted by molar-refractivity contribution is -0.111. The van der Waals surface area contributed by atoms with E-state index < -0.39 is 0 Å². The van der Waals surface area contributed by atoms with Gasteiger partial charge in [0.2, 0.25) is 0 Å². The van der Waals surface area contributed by atoms with E-state index in [-0.39, 0.29) is 10.2 Å². The number of aromatic nitrogens is 2. The van der Waals surface area contributed by atoms with E-state index in [1.54, 1.807) is 0 Å². The molecule has 4 nitrogen and oxygen atoms in total. The van der Waals surface area contributed by atoms with Gasteiger partial charge in [-0.3, -0.25) is 9.59 Å². The van der Waals surface area contributed by atoms with Gasteiger partial charge in [-0.25, -0.2) is 0 Å². The minimum atomic E-state index is 0.0858. The minimum Gasteiger partial charge on any atom is -0.286 e. The summed E-state index contributed by atoms with van der Waals surface area (Å²) in [7, 11) is 0.